The van der Waals surface area contributed by atoms with Crippen molar-refractivity contribution < 1.29 is 4.74 Å². The molecule has 1 heterocycles. The molecule has 2 rings (SSSR count). The second-order valence-electron chi connectivity index (χ2n) is 3.49. The van der Waals surface area contributed by atoms with Gasteiger partial charge in [-0.25, -0.2) is 0 Å². The van der Waals surface area contributed by atoms with Gasteiger partial charge in [-0.2, -0.15) is 5.10 Å². The molecule has 17 heavy (non-hydrogen) atoms. The van der Waals surface area contributed by atoms with E-state index in [0.717, 1.165) is 5.69 Å². The van der Waals surface area contributed by atoms with Gasteiger partial charge in [0, 0.05) is 24.2 Å². The Balaban J connectivity index is 1.87. The number of benzene rings is 1. The van der Waals surface area contributed by atoms with Crippen molar-refractivity contribution in [3.8, 4) is 5.75 Å². The van der Waals surface area contributed by atoms with Gasteiger partial charge in [-0.05, 0) is 12.1 Å². The maximum absolute atomic E-state index is 5.87. The normalized spacial score (nSPS) is 10.5. The van der Waals surface area contributed by atoms with E-state index in [2.05, 4.69) is 10.2 Å². The third kappa shape index (κ3) is 3.28. The zero-order valence-corrected chi connectivity index (χ0v) is 10.4. The standard InChI is InChI=1S/C11H11Cl2N3O/c12-9-2-1-8(6-10(9)13)17-4-3-7-5-11(14)16-15-7/h1-2,5-6H,3-4H2,(H3,14,15,16). The van der Waals surface area contributed by atoms with Crippen molar-refractivity contribution in [2.75, 3.05) is 12.3 Å². The van der Waals surface area contributed by atoms with Crippen molar-refractivity contribution in [2.45, 2.75) is 6.42 Å². The lowest BCUT2D eigenvalue weighted by atomic mass is 10.3. The summed E-state index contributed by atoms with van der Waals surface area (Å²) >= 11 is 11.7. The zero-order chi connectivity index (χ0) is 12.3. The topological polar surface area (TPSA) is 63.9 Å². The maximum Gasteiger partial charge on any atom is 0.145 e. The summed E-state index contributed by atoms with van der Waals surface area (Å²) in [5.74, 6) is 1.17. The Labute approximate surface area is 109 Å². The smallest absolute Gasteiger partial charge is 0.145 e. The molecule has 0 bridgehead atoms. The molecule has 0 fully saturated rings. The van der Waals surface area contributed by atoms with Crippen LogP contribution in [-0.4, -0.2) is 16.8 Å². The van der Waals surface area contributed by atoms with Crippen molar-refractivity contribution in [2.24, 2.45) is 0 Å². The fourth-order valence-corrected chi connectivity index (χ4v) is 1.64. The first kappa shape index (κ1) is 12.1. The van der Waals surface area contributed by atoms with Crippen molar-refractivity contribution in [1.29, 1.82) is 0 Å². The Bertz CT molecular complexity index is 513. The lowest BCUT2D eigenvalue weighted by Crippen LogP contribution is -2.01. The van der Waals surface area contributed by atoms with Gasteiger partial charge in [0.2, 0.25) is 0 Å². The number of H-pyrrole nitrogens is 1. The number of hydrogen-bond acceptors (Lipinski definition) is 3. The van der Waals surface area contributed by atoms with Crippen LogP contribution in [0.5, 0.6) is 5.75 Å². The number of nitrogens with zero attached hydrogens (tertiary/aromatic N) is 1. The van der Waals surface area contributed by atoms with Crippen LogP contribution >= 0.6 is 23.2 Å². The van der Waals surface area contributed by atoms with E-state index in [4.69, 9.17) is 33.7 Å². The number of hydrogen-bond donors (Lipinski definition) is 2. The highest BCUT2D eigenvalue weighted by atomic mass is 35.5. The molecular formula is C11H11Cl2N3O. The average molecular weight is 272 g/mol. The van der Waals surface area contributed by atoms with Crippen LogP contribution in [0.3, 0.4) is 0 Å². The molecule has 0 saturated carbocycles. The molecule has 1 aromatic carbocycles. The first-order valence-electron chi connectivity index (χ1n) is 5.03. The van der Waals surface area contributed by atoms with Gasteiger partial charge in [-0.3, -0.25) is 5.10 Å². The van der Waals surface area contributed by atoms with Gasteiger partial charge >= 0.3 is 0 Å². The Hall–Kier alpha value is -1.39. The number of anilines is 1. The summed E-state index contributed by atoms with van der Waals surface area (Å²) in [6.45, 7) is 0.513. The lowest BCUT2D eigenvalue weighted by Gasteiger charge is -2.06. The van der Waals surface area contributed by atoms with Crippen LogP contribution in [0.2, 0.25) is 10.0 Å². The molecule has 0 aliphatic heterocycles. The molecule has 4 nitrogen and oxygen atoms in total. The van der Waals surface area contributed by atoms with E-state index in [1.165, 1.54) is 0 Å². The summed E-state index contributed by atoms with van der Waals surface area (Å²) in [6.07, 6.45) is 0.699. The number of aromatic nitrogens is 2. The van der Waals surface area contributed by atoms with Crippen LogP contribution in [0.25, 0.3) is 0 Å². The molecule has 0 spiro atoms. The highest BCUT2D eigenvalue weighted by Crippen LogP contribution is 2.26. The molecular weight excluding hydrogens is 261 g/mol. The van der Waals surface area contributed by atoms with Gasteiger partial charge in [0.25, 0.3) is 0 Å². The van der Waals surface area contributed by atoms with E-state index in [9.17, 15) is 0 Å². The zero-order valence-electron chi connectivity index (χ0n) is 8.91. The molecule has 0 amide bonds. The van der Waals surface area contributed by atoms with Gasteiger partial charge in [-0.15, -0.1) is 0 Å². The van der Waals surface area contributed by atoms with Crippen LogP contribution in [0, 0.1) is 0 Å². The summed E-state index contributed by atoms with van der Waals surface area (Å²) < 4.78 is 5.52. The molecule has 0 aliphatic rings. The number of nitrogen functional groups attached to an aromatic ring is 1. The van der Waals surface area contributed by atoms with Gasteiger partial charge in [-0.1, -0.05) is 23.2 Å². The number of rotatable bonds is 4. The summed E-state index contributed by atoms with van der Waals surface area (Å²) in [5, 5.41) is 7.63. The Morgan fingerprint density at radius 3 is 2.71 bits per heavy atom. The van der Waals surface area contributed by atoms with Crippen molar-refractivity contribution >= 4 is 29.0 Å². The van der Waals surface area contributed by atoms with E-state index < -0.39 is 0 Å². The SMILES string of the molecule is Nc1cc(CCOc2ccc(Cl)c(Cl)c2)[nH]n1. The third-order valence-corrected chi connectivity index (χ3v) is 2.92. The predicted octanol–water partition coefficient (Wildman–Crippen LogP) is 2.92. The Morgan fingerprint density at radius 2 is 2.06 bits per heavy atom. The number of nitrogens with one attached hydrogen (secondary N) is 1. The first-order chi connectivity index (χ1) is 8.15. The van der Waals surface area contributed by atoms with Gasteiger partial charge in [0.15, 0.2) is 0 Å². The quantitative estimate of drug-likeness (QED) is 0.899. The summed E-state index contributed by atoms with van der Waals surface area (Å²) in [6, 6.07) is 6.94. The third-order valence-electron chi connectivity index (χ3n) is 2.18. The molecule has 0 unspecified atom stereocenters. The number of aromatic amines is 1. The molecule has 3 N–H and O–H groups in total. The molecule has 0 saturated heterocycles. The molecule has 6 heteroatoms. The predicted molar refractivity (Wildman–Crippen MR) is 68.7 cm³/mol. The highest BCUT2D eigenvalue weighted by molar-refractivity contribution is 6.42. The van der Waals surface area contributed by atoms with Crippen molar-refractivity contribution in [3.05, 3.63) is 40.0 Å². The van der Waals surface area contributed by atoms with Crippen LogP contribution in [-0.2, 0) is 6.42 Å². The second kappa shape index (κ2) is 5.29. The molecule has 2 aromatic rings. The van der Waals surface area contributed by atoms with E-state index in [1.54, 1.807) is 24.3 Å². The molecule has 1 aromatic heterocycles. The van der Waals surface area contributed by atoms with Crippen LogP contribution in [0.15, 0.2) is 24.3 Å². The minimum Gasteiger partial charge on any atom is -0.493 e. The minimum atomic E-state index is 0.481. The molecule has 0 atom stereocenters. The monoisotopic (exact) mass is 271 g/mol. The largest absolute Gasteiger partial charge is 0.493 e. The lowest BCUT2D eigenvalue weighted by molar-refractivity contribution is 0.320. The Kier molecular flexibility index (Phi) is 3.76. The fraction of sp³-hybridized carbons (Fsp3) is 0.182. The van der Waals surface area contributed by atoms with Gasteiger partial charge in [0.1, 0.15) is 11.6 Å². The molecule has 90 valence electrons. The van der Waals surface area contributed by atoms with Crippen molar-refractivity contribution in [3.63, 3.8) is 0 Å². The van der Waals surface area contributed by atoms with E-state index in [1.807, 2.05) is 0 Å². The minimum absolute atomic E-state index is 0.481. The van der Waals surface area contributed by atoms with E-state index >= 15 is 0 Å². The number of nitrogens with two attached hydrogens (primary N) is 1. The molecule has 0 aliphatic carbocycles. The van der Waals surface area contributed by atoms with E-state index in [0.29, 0.717) is 34.6 Å². The number of halogens is 2. The van der Waals surface area contributed by atoms with Crippen LogP contribution in [0.1, 0.15) is 5.69 Å². The second-order valence-corrected chi connectivity index (χ2v) is 4.31. The molecule has 0 radical (unpaired) electrons. The van der Waals surface area contributed by atoms with Crippen LogP contribution in [0.4, 0.5) is 5.82 Å². The van der Waals surface area contributed by atoms with Crippen LogP contribution < -0.4 is 10.5 Å². The van der Waals surface area contributed by atoms with Gasteiger partial charge < -0.3 is 10.5 Å². The van der Waals surface area contributed by atoms with Gasteiger partial charge in [0.05, 0.1) is 16.7 Å². The number of ether oxygens (including phenoxy) is 1. The summed E-state index contributed by atoms with van der Waals surface area (Å²) in [5.41, 5.74) is 6.42. The summed E-state index contributed by atoms with van der Waals surface area (Å²) in [4.78, 5) is 0. The first-order valence-corrected chi connectivity index (χ1v) is 5.78. The summed E-state index contributed by atoms with van der Waals surface area (Å²) in [7, 11) is 0. The Morgan fingerprint density at radius 1 is 1.24 bits per heavy atom. The highest BCUT2D eigenvalue weighted by Gasteiger charge is 2.01. The van der Waals surface area contributed by atoms with E-state index in [-0.39, 0.29) is 0 Å². The fourth-order valence-electron chi connectivity index (χ4n) is 1.35. The van der Waals surface area contributed by atoms with Crippen molar-refractivity contribution in [1.82, 2.24) is 10.2 Å². The maximum atomic E-state index is 5.87. The average Bonchev–Trinajstić information content (AvgIpc) is 2.70.